The zero-order valence-corrected chi connectivity index (χ0v) is 17.1. The lowest BCUT2D eigenvalue weighted by Gasteiger charge is -2.16. The average Bonchev–Trinajstić information content (AvgIpc) is 3.34. The summed E-state index contributed by atoms with van der Waals surface area (Å²) in [6, 6.07) is 10.1. The lowest BCUT2D eigenvalue weighted by Crippen LogP contribution is -2.29. The number of thiophene rings is 1. The molecule has 8 heteroatoms. The van der Waals surface area contributed by atoms with Crippen LogP contribution >= 0.6 is 11.3 Å². The Morgan fingerprint density at radius 1 is 1.19 bits per heavy atom. The molecule has 1 fully saturated rings. The molecule has 1 aromatic carbocycles. The molecule has 0 aliphatic carbocycles. The van der Waals surface area contributed by atoms with Crippen molar-refractivity contribution in [2.45, 2.75) is 30.8 Å². The monoisotopic (exact) mass is 408 g/mol. The lowest BCUT2D eigenvalue weighted by molar-refractivity contribution is 0.0837. The minimum Gasteiger partial charge on any atom is -0.374 e. The van der Waals surface area contributed by atoms with Crippen molar-refractivity contribution in [3.05, 3.63) is 51.7 Å². The highest BCUT2D eigenvalue weighted by Gasteiger charge is 2.27. The van der Waals surface area contributed by atoms with Crippen molar-refractivity contribution in [2.24, 2.45) is 0 Å². The summed E-state index contributed by atoms with van der Waals surface area (Å²) >= 11 is 1.64. The predicted octanol–water partition coefficient (Wildman–Crippen LogP) is 2.96. The minimum atomic E-state index is -3.46. The molecule has 0 spiro atoms. The Morgan fingerprint density at radius 3 is 2.41 bits per heavy atom. The molecular weight excluding hydrogens is 384 g/mol. The molecule has 2 aromatic rings. The van der Waals surface area contributed by atoms with Gasteiger partial charge in [0.15, 0.2) is 0 Å². The van der Waals surface area contributed by atoms with E-state index in [4.69, 9.17) is 4.74 Å². The normalized spacial score (nSPS) is 16.4. The van der Waals surface area contributed by atoms with E-state index in [9.17, 15) is 13.2 Å². The molecule has 6 nitrogen and oxygen atoms in total. The van der Waals surface area contributed by atoms with E-state index in [1.165, 1.54) is 21.3 Å². The molecule has 0 saturated carbocycles. The molecule has 0 radical (unpaired) electrons. The van der Waals surface area contributed by atoms with Gasteiger partial charge >= 0.3 is 0 Å². The van der Waals surface area contributed by atoms with E-state index in [1.54, 1.807) is 30.6 Å². The van der Waals surface area contributed by atoms with Gasteiger partial charge in [0.1, 0.15) is 6.10 Å². The molecule has 2 heterocycles. The second-order valence-corrected chi connectivity index (χ2v) is 9.78. The van der Waals surface area contributed by atoms with Crippen LogP contribution in [0.1, 0.15) is 39.1 Å². The zero-order chi connectivity index (χ0) is 19.4. The van der Waals surface area contributed by atoms with Crippen molar-refractivity contribution in [1.82, 2.24) is 9.62 Å². The molecular formula is C19H24N2O4S2. The SMILES string of the molecule is COC(CNC(=O)c1ccc(S(=O)(=O)N2CCCC2)cc1)c1ccc(C)s1. The summed E-state index contributed by atoms with van der Waals surface area (Å²) in [5, 5.41) is 2.85. The molecule has 1 atom stereocenters. The highest BCUT2D eigenvalue weighted by atomic mass is 32.2. The lowest BCUT2D eigenvalue weighted by atomic mass is 10.2. The van der Waals surface area contributed by atoms with Gasteiger partial charge in [0.05, 0.1) is 4.90 Å². The van der Waals surface area contributed by atoms with Crippen molar-refractivity contribution in [2.75, 3.05) is 26.7 Å². The predicted molar refractivity (Wildman–Crippen MR) is 106 cm³/mol. The van der Waals surface area contributed by atoms with Crippen LogP contribution in [0.4, 0.5) is 0 Å². The Kier molecular flexibility index (Phi) is 6.31. The standard InChI is InChI=1S/C19H24N2O4S2/c1-14-5-10-18(26-14)17(25-2)13-20-19(22)15-6-8-16(9-7-15)27(23,24)21-11-3-4-12-21/h5-10,17H,3-4,11-13H2,1-2H3,(H,20,22). The molecule has 1 amide bonds. The van der Waals surface area contributed by atoms with Crippen molar-refractivity contribution in [1.29, 1.82) is 0 Å². The van der Waals surface area contributed by atoms with E-state index in [1.807, 2.05) is 19.1 Å². The first-order valence-electron chi connectivity index (χ1n) is 8.89. The molecule has 146 valence electrons. The van der Waals surface area contributed by atoms with Crippen LogP contribution in [0, 0.1) is 6.92 Å². The van der Waals surface area contributed by atoms with Crippen LogP contribution in [-0.4, -0.2) is 45.4 Å². The number of methoxy groups -OCH3 is 1. The topological polar surface area (TPSA) is 75.7 Å². The first kappa shape index (κ1) is 20.0. The van der Waals surface area contributed by atoms with Gasteiger partial charge in [-0.3, -0.25) is 4.79 Å². The maximum Gasteiger partial charge on any atom is 0.251 e. The molecule has 1 aliphatic rings. The van der Waals surface area contributed by atoms with Crippen LogP contribution in [-0.2, 0) is 14.8 Å². The van der Waals surface area contributed by atoms with Crippen LogP contribution in [0.15, 0.2) is 41.3 Å². The highest BCUT2D eigenvalue weighted by molar-refractivity contribution is 7.89. The fourth-order valence-corrected chi connectivity index (χ4v) is 5.54. The number of benzene rings is 1. The van der Waals surface area contributed by atoms with Crippen LogP contribution in [0.25, 0.3) is 0 Å². The Bertz CT molecular complexity index is 885. The van der Waals surface area contributed by atoms with Crippen LogP contribution in [0.2, 0.25) is 0 Å². The third-order valence-corrected chi connectivity index (χ3v) is 7.64. The molecule has 1 aromatic heterocycles. The molecule has 1 saturated heterocycles. The number of sulfonamides is 1. The fraction of sp³-hybridized carbons (Fsp3) is 0.421. The molecule has 27 heavy (non-hydrogen) atoms. The quantitative estimate of drug-likeness (QED) is 0.764. The number of hydrogen-bond acceptors (Lipinski definition) is 5. The molecule has 1 aliphatic heterocycles. The van der Waals surface area contributed by atoms with Crippen LogP contribution in [0.3, 0.4) is 0 Å². The summed E-state index contributed by atoms with van der Waals surface area (Å²) < 4.78 is 32.0. The van der Waals surface area contributed by atoms with E-state index >= 15 is 0 Å². The highest BCUT2D eigenvalue weighted by Crippen LogP contribution is 2.25. The van der Waals surface area contributed by atoms with Gasteiger partial charge in [-0.1, -0.05) is 0 Å². The molecule has 1 unspecified atom stereocenters. The summed E-state index contributed by atoms with van der Waals surface area (Å²) in [5.41, 5.74) is 0.424. The number of nitrogens with one attached hydrogen (secondary N) is 1. The third-order valence-electron chi connectivity index (χ3n) is 4.63. The Balaban J connectivity index is 1.63. The Hall–Kier alpha value is -1.74. The van der Waals surface area contributed by atoms with Gasteiger partial charge in [-0.25, -0.2) is 8.42 Å². The summed E-state index contributed by atoms with van der Waals surface area (Å²) in [6.45, 7) is 3.50. The van der Waals surface area contributed by atoms with Gasteiger partial charge in [-0.05, 0) is 56.2 Å². The first-order chi connectivity index (χ1) is 12.9. The van der Waals surface area contributed by atoms with Crippen molar-refractivity contribution in [3.8, 4) is 0 Å². The van der Waals surface area contributed by atoms with Gasteiger partial charge in [0, 0.05) is 42.1 Å². The largest absolute Gasteiger partial charge is 0.374 e. The summed E-state index contributed by atoms with van der Waals surface area (Å²) in [4.78, 5) is 14.9. The second kappa shape index (κ2) is 8.52. The number of amides is 1. The van der Waals surface area contributed by atoms with Crippen molar-refractivity contribution in [3.63, 3.8) is 0 Å². The van der Waals surface area contributed by atoms with E-state index in [-0.39, 0.29) is 16.9 Å². The zero-order valence-electron chi connectivity index (χ0n) is 15.5. The maximum atomic E-state index is 12.5. The van der Waals surface area contributed by atoms with Crippen LogP contribution < -0.4 is 5.32 Å². The van der Waals surface area contributed by atoms with E-state index < -0.39 is 10.0 Å². The van der Waals surface area contributed by atoms with Gasteiger partial charge in [0.2, 0.25) is 10.0 Å². The average molecular weight is 409 g/mol. The molecule has 3 rings (SSSR count). The number of nitrogens with zero attached hydrogens (tertiary/aromatic N) is 1. The number of rotatable bonds is 7. The van der Waals surface area contributed by atoms with E-state index in [2.05, 4.69) is 5.32 Å². The Labute approximate surface area is 164 Å². The second-order valence-electron chi connectivity index (χ2n) is 6.52. The summed E-state index contributed by atoms with van der Waals surface area (Å²) in [6.07, 6.45) is 1.58. The van der Waals surface area contributed by atoms with Crippen molar-refractivity contribution < 1.29 is 17.9 Å². The van der Waals surface area contributed by atoms with Gasteiger partial charge in [-0.15, -0.1) is 11.3 Å². The molecule has 0 bridgehead atoms. The fourth-order valence-electron chi connectivity index (χ4n) is 3.07. The van der Waals surface area contributed by atoms with Crippen LogP contribution in [0.5, 0.6) is 0 Å². The maximum absolute atomic E-state index is 12.5. The van der Waals surface area contributed by atoms with Crippen molar-refractivity contribution >= 4 is 27.3 Å². The molecule has 1 N–H and O–H groups in total. The summed E-state index contributed by atoms with van der Waals surface area (Å²) in [7, 11) is -1.85. The number of hydrogen-bond donors (Lipinski definition) is 1. The minimum absolute atomic E-state index is 0.206. The third kappa shape index (κ3) is 4.57. The first-order valence-corrected chi connectivity index (χ1v) is 11.1. The number of carbonyl (C=O) groups excluding carboxylic acids is 1. The van der Waals surface area contributed by atoms with E-state index in [0.29, 0.717) is 25.2 Å². The number of carbonyl (C=O) groups is 1. The van der Waals surface area contributed by atoms with Gasteiger partial charge in [0.25, 0.3) is 5.91 Å². The number of ether oxygens (including phenoxy) is 1. The smallest absolute Gasteiger partial charge is 0.251 e. The van der Waals surface area contributed by atoms with Gasteiger partial charge in [-0.2, -0.15) is 4.31 Å². The number of aryl methyl sites for hydroxylation is 1. The van der Waals surface area contributed by atoms with Gasteiger partial charge < -0.3 is 10.1 Å². The van der Waals surface area contributed by atoms with E-state index in [0.717, 1.165) is 17.7 Å². The summed E-state index contributed by atoms with van der Waals surface area (Å²) in [5.74, 6) is -0.254. The Morgan fingerprint density at radius 2 is 1.85 bits per heavy atom.